The quantitative estimate of drug-likeness (QED) is 0.467. The molecule has 0 radical (unpaired) electrons. The monoisotopic (exact) mass is 353 g/mol. The van der Waals surface area contributed by atoms with E-state index < -0.39 is 34.9 Å². The second kappa shape index (κ2) is 8.25. The lowest BCUT2D eigenvalue weighted by Gasteiger charge is -2.19. The number of carbonyl (C=O) groups is 4. The van der Waals surface area contributed by atoms with E-state index >= 15 is 0 Å². The lowest BCUT2D eigenvalue weighted by Crippen LogP contribution is -2.38. The number of hydrogen-bond acceptors (Lipinski definition) is 8. The summed E-state index contributed by atoms with van der Waals surface area (Å²) in [5.74, 6) is -2.89. The first-order valence-electron chi connectivity index (χ1n) is 7.64. The highest BCUT2D eigenvalue weighted by Crippen LogP contribution is 2.26. The highest BCUT2D eigenvalue weighted by molar-refractivity contribution is 8.14. The van der Waals surface area contributed by atoms with Gasteiger partial charge in [0.15, 0.2) is 10.9 Å². The third-order valence-electron chi connectivity index (χ3n) is 3.69. The van der Waals surface area contributed by atoms with Gasteiger partial charge in [-0.2, -0.15) is 0 Å². The van der Waals surface area contributed by atoms with Gasteiger partial charge in [0.05, 0.1) is 17.4 Å². The van der Waals surface area contributed by atoms with Gasteiger partial charge in [-0.05, 0) is 31.5 Å². The van der Waals surface area contributed by atoms with E-state index in [2.05, 4.69) is 5.32 Å². The lowest BCUT2D eigenvalue weighted by atomic mass is 10.0. The van der Waals surface area contributed by atoms with Gasteiger partial charge in [-0.1, -0.05) is 18.7 Å². The predicted octanol–water partition coefficient (Wildman–Crippen LogP) is 1.57. The molecule has 0 aromatic carbocycles. The van der Waals surface area contributed by atoms with Gasteiger partial charge in [0, 0.05) is 6.92 Å². The highest BCUT2D eigenvalue weighted by atomic mass is 32.2. The van der Waals surface area contributed by atoms with Crippen molar-refractivity contribution >= 4 is 34.6 Å². The summed E-state index contributed by atoms with van der Waals surface area (Å²) in [6.07, 6.45) is 2.78. The molecule has 0 amide bonds. The fourth-order valence-corrected chi connectivity index (χ4v) is 3.29. The molecule has 1 saturated heterocycles. The average Bonchev–Trinajstić information content (AvgIpc) is 3.23. The first-order chi connectivity index (χ1) is 11.4. The van der Waals surface area contributed by atoms with E-state index in [1.807, 2.05) is 0 Å². The molecule has 1 aliphatic heterocycles. The number of thioether (sulfide) groups is 1. The van der Waals surface area contributed by atoms with Crippen molar-refractivity contribution in [2.45, 2.75) is 38.0 Å². The van der Waals surface area contributed by atoms with Crippen molar-refractivity contribution in [2.24, 2.45) is 5.92 Å². The van der Waals surface area contributed by atoms with Crippen LogP contribution in [0.5, 0.6) is 0 Å². The Labute approximate surface area is 143 Å². The minimum atomic E-state index is -1.01. The molecule has 0 saturated carbocycles. The van der Waals surface area contributed by atoms with Gasteiger partial charge in [0.2, 0.25) is 5.78 Å². The highest BCUT2D eigenvalue weighted by Gasteiger charge is 2.37. The molecule has 0 spiro atoms. The standard InChI is InChI=1S/C16H19NO6S/c1-9(15(20)23-16(21)11-5-3-7-17-11)14(24-10(2)18)13(19)12-6-4-8-22-12/h4,6,8-9,11,14,17H,3,5,7H2,1-2H3/t9?,11-,14?/m0/s1. The summed E-state index contributed by atoms with van der Waals surface area (Å²) in [6.45, 7) is 3.46. The Morgan fingerprint density at radius 1 is 1.38 bits per heavy atom. The molecule has 2 rings (SSSR count). The number of ether oxygens (including phenoxy) is 1. The molecule has 1 N–H and O–H groups in total. The van der Waals surface area contributed by atoms with Crippen LogP contribution in [0.2, 0.25) is 0 Å². The van der Waals surface area contributed by atoms with Gasteiger partial charge in [-0.15, -0.1) is 0 Å². The Morgan fingerprint density at radius 2 is 2.12 bits per heavy atom. The maximum Gasteiger partial charge on any atom is 0.330 e. The van der Waals surface area contributed by atoms with Crippen LogP contribution in [0.4, 0.5) is 0 Å². The molecule has 7 nitrogen and oxygen atoms in total. The zero-order valence-corrected chi connectivity index (χ0v) is 14.3. The van der Waals surface area contributed by atoms with Crippen molar-refractivity contribution in [1.29, 1.82) is 0 Å². The van der Waals surface area contributed by atoms with Crippen LogP contribution in [0.3, 0.4) is 0 Å². The fraction of sp³-hybridized carbons (Fsp3) is 0.500. The molecule has 8 heteroatoms. The molecular weight excluding hydrogens is 334 g/mol. The Bertz CT molecular complexity index is 621. The molecule has 1 aromatic rings. The molecule has 0 aliphatic carbocycles. The molecule has 130 valence electrons. The zero-order chi connectivity index (χ0) is 17.7. The Hall–Kier alpha value is -1.93. The van der Waals surface area contributed by atoms with Gasteiger partial charge < -0.3 is 14.5 Å². The van der Waals surface area contributed by atoms with Crippen LogP contribution < -0.4 is 5.32 Å². The maximum absolute atomic E-state index is 12.5. The van der Waals surface area contributed by atoms with E-state index in [1.54, 1.807) is 6.07 Å². The molecule has 1 aliphatic rings. The first-order valence-corrected chi connectivity index (χ1v) is 8.52. The molecule has 1 aromatic heterocycles. The van der Waals surface area contributed by atoms with Crippen molar-refractivity contribution in [1.82, 2.24) is 5.32 Å². The molecule has 2 heterocycles. The van der Waals surface area contributed by atoms with Crippen molar-refractivity contribution in [3.63, 3.8) is 0 Å². The largest absolute Gasteiger partial charge is 0.461 e. The average molecular weight is 353 g/mol. The molecule has 2 unspecified atom stereocenters. The summed E-state index contributed by atoms with van der Waals surface area (Å²) in [4.78, 5) is 48.0. The summed E-state index contributed by atoms with van der Waals surface area (Å²) < 4.78 is 9.93. The van der Waals surface area contributed by atoms with Crippen molar-refractivity contribution in [3.05, 3.63) is 24.2 Å². The summed E-state index contributed by atoms with van der Waals surface area (Å²) in [7, 11) is 0. The van der Waals surface area contributed by atoms with Crippen LogP contribution in [0.25, 0.3) is 0 Å². The van der Waals surface area contributed by atoms with Crippen molar-refractivity contribution in [3.8, 4) is 0 Å². The number of esters is 2. The fourth-order valence-electron chi connectivity index (χ4n) is 2.39. The van der Waals surface area contributed by atoms with E-state index in [0.717, 1.165) is 18.2 Å². The van der Waals surface area contributed by atoms with E-state index in [0.29, 0.717) is 13.0 Å². The van der Waals surface area contributed by atoms with E-state index in [-0.39, 0.29) is 10.9 Å². The van der Waals surface area contributed by atoms with Gasteiger partial charge in [0.1, 0.15) is 6.04 Å². The smallest absolute Gasteiger partial charge is 0.330 e. The third-order valence-corrected chi connectivity index (χ3v) is 4.90. The molecular formula is C16H19NO6S. The van der Waals surface area contributed by atoms with Crippen LogP contribution >= 0.6 is 11.8 Å². The van der Waals surface area contributed by atoms with Crippen molar-refractivity contribution in [2.75, 3.05) is 6.54 Å². The number of hydrogen-bond donors (Lipinski definition) is 1. The number of furan rings is 1. The zero-order valence-electron chi connectivity index (χ0n) is 13.4. The number of rotatable bonds is 6. The molecule has 0 bridgehead atoms. The minimum absolute atomic E-state index is 0.0530. The Morgan fingerprint density at radius 3 is 2.67 bits per heavy atom. The molecule has 3 atom stereocenters. The number of carbonyl (C=O) groups excluding carboxylic acids is 4. The van der Waals surface area contributed by atoms with Crippen LogP contribution in [0.15, 0.2) is 22.8 Å². The van der Waals surface area contributed by atoms with E-state index in [4.69, 9.17) is 9.15 Å². The number of nitrogens with one attached hydrogen (secondary N) is 1. The normalized spacial score (nSPS) is 19.5. The SMILES string of the molecule is CC(=O)SC(C(=O)c1ccco1)C(C)C(=O)OC(=O)[C@@H]1CCCN1. The van der Waals surface area contributed by atoms with Crippen LogP contribution in [-0.4, -0.2) is 40.7 Å². The molecule has 1 fully saturated rings. The van der Waals surface area contributed by atoms with Gasteiger partial charge in [-0.3, -0.25) is 14.4 Å². The van der Waals surface area contributed by atoms with E-state index in [1.165, 1.54) is 26.2 Å². The van der Waals surface area contributed by atoms with Gasteiger partial charge >= 0.3 is 11.9 Å². The third kappa shape index (κ3) is 4.55. The predicted molar refractivity (Wildman–Crippen MR) is 86.4 cm³/mol. The summed E-state index contributed by atoms with van der Waals surface area (Å²) >= 11 is 0.725. The number of ketones is 1. The number of Topliss-reactive ketones (excluding diaryl/α,β-unsaturated/α-hetero) is 1. The topological polar surface area (TPSA) is 103 Å². The summed E-state index contributed by atoms with van der Waals surface area (Å²) in [5.41, 5.74) is 0. The Kier molecular flexibility index (Phi) is 6.33. The minimum Gasteiger partial charge on any atom is -0.461 e. The van der Waals surface area contributed by atoms with Crippen LogP contribution in [-0.2, 0) is 19.1 Å². The van der Waals surface area contributed by atoms with Gasteiger partial charge in [0.25, 0.3) is 0 Å². The van der Waals surface area contributed by atoms with E-state index in [9.17, 15) is 19.2 Å². The van der Waals surface area contributed by atoms with Crippen molar-refractivity contribution < 1.29 is 28.3 Å². The maximum atomic E-state index is 12.5. The second-order valence-electron chi connectivity index (χ2n) is 5.55. The summed E-state index contributed by atoms with van der Waals surface area (Å²) in [5, 5.41) is 1.61. The van der Waals surface area contributed by atoms with Crippen LogP contribution in [0.1, 0.15) is 37.2 Å². The molecule has 24 heavy (non-hydrogen) atoms. The lowest BCUT2D eigenvalue weighted by molar-refractivity contribution is -0.163. The first kappa shape index (κ1) is 18.4. The van der Waals surface area contributed by atoms with Gasteiger partial charge in [-0.25, -0.2) is 4.79 Å². The summed E-state index contributed by atoms with van der Waals surface area (Å²) in [6, 6.07) is 2.50. The van der Waals surface area contributed by atoms with Crippen LogP contribution in [0, 0.1) is 5.92 Å². The Balaban J connectivity index is 2.06. The second-order valence-corrected chi connectivity index (χ2v) is 6.87.